The fourth-order valence-electron chi connectivity index (χ4n) is 1.61. The number of benzene rings is 1. The van der Waals surface area contributed by atoms with Gasteiger partial charge in [-0.3, -0.25) is 0 Å². The summed E-state index contributed by atoms with van der Waals surface area (Å²) in [5, 5.41) is 10.7. The van der Waals surface area contributed by atoms with Crippen molar-refractivity contribution in [3.05, 3.63) is 34.3 Å². The number of halogens is 1. The van der Waals surface area contributed by atoms with Crippen LogP contribution in [0.1, 0.15) is 37.4 Å². The molecule has 0 amide bonds. The molecular formula is C13H20ClNO. The first-order valence-electron chi connectivity index (χ1n) is 5.67. The Morgan fingerprint density at radius 3 is 2.56 bits per heavy atom. The topological polar surface area (TPSA) is 46.2 Å². The third kappa shape index (κ3) is 2.97. The second-order valence-electron chi connectivity index (χ2n) is 4.41. The summed E-state index contributed by atoms with van der Waals surface area (Å²) in [6.45, 7) is 5.99. The molecule has 0 aliphatic carbocycles. The summed E-state index contributed by atoms with van der Waals surface area (Å²) in [7, 11) is 0. The number of hydrogen-bond donors (Lipinski definition) is 2. The largest absolute Gasteiger partial charge is 0.391 e. The van der Waals surface area contributed by atoms with E-state index in [1.165, 1.54) is 0 Å². The quantitative estimate of drug-likeness (QED) is 0.851. The van der Waals surface area contributed by atoms with E-state index in [1.807, 2.05) is 39.0 Å². The van der Waals surface area contributed by atoms with Gasteiger partial charge in [-0.15, -0.1) is 0 Å². The monoisotopic (exact) mass is 241 g/mol. The van der Waals surface area contributed by atoms with E-state index in [1.54, 1.807) is 0 Å². The van der Waals surface area contributed by atoms with E-state index in [0.717, 1.165) is 17.5 Å². The highest BCUT2D eigenvalue weighted by Crippen LogP contribution is 2.25. The lowest BCUT2D eigenvalue weighted by molar-refractivity contribution is 0.0880. The fourth-order valence-corrected chi connectivity index (χ4v) is 1.80. The van der Waals surface area contributed by atoms with Crippen LogP contribution in [0.5, 0.6) is 0 Å². The van der Waals surface area contributed by atoms with Gasteiger partial charge in [0.25, 0.3) is 0 Å². The molecule has 0 heterocycles. The molecule has 3 N–H and O–H groups in total. The zero-order valence-electron chi connectivity index (χ0n) is 10.1. The minimum absolute atomic E-state index is 0.190. The van der Waals surface area contributed by atoms with Crippen molar-refractivity contribution in [2.45, 2.75) is 39.3 Å². The summed E-state index contributed by atoms with van der Waals surface area (Å²) in [6, 6.07) is 5.33. The van der Waals surface area contributed by atoms with Crippen molar-refractivity contribution in [1.29, 1.82) is 0 Å². The molecule has 3 atom stereocenters. The third-order valence-electron chi connectivity index (χ3n) is 3.18. The molecule has 0 saturated carbocycles. The first-order chi connectivity index (χ1) is 7.47. The van der Waals surface area contributed by atoms with Gasteiger partial charge in [-0.2, -0.15) is 0 Å². The number of aliphatic hydroxyl groups is 1. The van der Waals surface area contributed by atoms with Crippen LogP contribution in [0.15, 0.2) is 18.2 Å². The van der Waals surface area contributed by atoms with Crippen LogP contribution in [0, 0.1) is 12.8 Å². The Morgan fingerprint density at radius 1 is 1.44 bits per heavy atom. The molecule has 16 heavy (non-hydrogen) atoms. The van der Waals surface area contributed by atoms with Crippen molar-refractivity contribution >= 4 is 11.6 Å². The van der Waals surface area contributed by atoms with Crippen molar-refractivity contribution < 1.29 is 5.11 Å². The molecule has 1 aromatic rings. The summed E-state index contributed by atoms with van der Waals surface area (Å²) in [6.07, 6.45) is 0.387. The second kappa shape index (κ2) is 5.67. The number of aryl methyl sites for hydroxylation is 1. The zero-order valence-corrected chi connectivity index (χ0v) is 10.8. The molecule has 0 radical (unpaired) electrons. The van der Waals surface area contributed by atoms with Gasteiger partial charge in [0, 0.05) is 5.02 Å². The van der Waals surface area contributed by atoms with E-state index in [-0.39, 0.29) is 12.0 Å². The summed E-state index contributed by atoms with van der Waals surface area (Å²) < 4.78 is 0. The summed E-state index contributed by atoms with van der Waals surface area (Å²) >= 11 is 6.04. The van der Waals surface area contributed by atoms with Gasteiger partial charge in [0.05, 0.1) is 12.1 Å². The molecular weight excluding hydrogens is 222 g/mol. The van der Waals surface area contributed by atoms with E-state index < -0.39 is 6.10 Å². The smallest absolute Gasteiger partial charge is 0.0758 e. The van der Waals surface area contributed by atoms with E-state index >= 15 is 0 Å². The van der Waals surface area contributed by atoms with Crippen molar-refractivity contribution in [3.63, 3.8) is 0 Å². The maximum Gasteiger partial charge on any atom is 0.0758 e. The Kier molecular flexibility index (Phi) is 4.78. The van der Waals surface area contributed by atoms with Gasteiger partial charge < -0.3 is 10.8 Å². The lowest BCUT2D eigenvalue weighted by Crippen LogP contribution is -2.31. The molecule has 1 unspecified atom stereocenters. The third-order valence-corrected chi connectivity index (χ3v) is 3.58. The predicted octanol–water partition coefficient (Wildman–Crippen LogP) is 3.06. The molecule has 0 fully saturated rings. The molecule has 0 saturated heterocycles. The first-order valence-corrected chi connectivity index (χ1v) is 6.04. The van der Waals surface area contributed by atoms with Crippen LogP contribution in [0.2, 0.25) is 5.02 Å². The Bertz CT molecular complexity index is 354. The lowest BCUT2D eigenvalue weighted by Gasteiger charge is -2.24. The van der Waals surface area contributed by atoms with Gasteiger partial charge >= 0.3 is 0 Å². The Hall–Kier alpha value is -0.570. The lowest BCUT2D eigenvalue weighted by atomic mass is 9.91. The molecule has 3 heteroatoms. The molecule has 90 valence electrons. The Morgan fingerprint density at radius 2 is 2.06 bits per heavy atom. The van der Waals surface area contributed by atoms with Crippen molar-refractivity contribution in [1.82, 2.24) is 0 Å². The minimum Gasteiger partial charge on any atom is -0.391 e. The first kappa shape index (κ1) is 13.5. The predicted molar refractivity (Wildman–Crippen MR) is 68.6 cm³/mol. The number of nitrogens with two attached hydrogens (primary N) is 1. The standard InChI is InChI=1S/C13H20ClNO/c1-4-8(2)13(16)12(15)10-6-5-9(3)11(14)7-10/h5-8,12-13,16H,4,15H2,1-3H3/t8?,12-,13+/m1/s1. The Balaban J connectivity index is 2.87. The molecule has 1 rings (SSSR count). The van der Waals surface area contributed by atoms with Crippen molar-refractivity contribution in [2.24, 2.45) is 11.7 Å². The van der Waals surface area contributed by atoms with Crippen LogP contribution >= 0.6 is 11.6 Å². The molecule has 0 aliphatic rings. The maximum atomic E-state index is 10.0. The number of hydrogen-bond acceptors (Lipinski definition) is 2. The fraction of sp³-hybridized carbons (Fsp3) is 0.538. The van der Waals surface area contributed by atoms with E-state index in [9.17, 15) is 5.11 Å². The van der Waals surface area contributed by atoms with Gasteiger partial charge in [-0.25, -0.2) is 0 Å². The van der Waals surface area contributed by atoms with Crippen LogP contribution in [0.4, 0.5) is 0 Å². The van der Waals surface area contributed by atoms with E-state index in [2.05, 4.69) is 0 Å². The van der Waals surface area contributed by atoms with Crippen molar-refractivity contribution in [3.8, 4) is 0 Å². The van der Waals surface area contributed by atoms with Crippen molar-refractivity contribution in [2.75, 3.05) is 0 Å². The molecule has 0 spiro atoms. The van der Waals surface area contributed by atoms with E-state index in [4.69, 9.17) is 17.3 Å². The minimum atomic E-state index is -0.524. The average Bonchev–Trinajstić information content (AvgIpc) is 2.29. The molecule has 0 bridgehead atoms. The summed E-state index contributed by atoms with van der Waals surface area (Å²) in [5.74, 6) is 0.190. The van der Waals surface area contributed by atoms with E-state index in [0.29, 0.717) is 5.02 Å². The van der Waals surface area contributed by atoms with Crippen LogP contribution in [-0.4, -0.2) is 11.2 Å². The maximum absolute atomic E-state index is 10.0. The highest BCUT2D eigenvalue weighted by molar-refractivity contribution is 6.31. The van der Waals surface area contributed by atoms with Gasteiger partial charge in [0.15, 0.2) is 0 Å². The number of rotatable bonds is 4. The van der Waals surface area contributed by atoms with Crippen LogP contribution in [0.3, 0.4) is 0 Å². The van der Waals surface area contributed by atoms with Crippen LogP contribution in [0.25, 0.3) is 0 Å². The summed E-state index contributed by atoms with van der Waals surface area (Å²) in [5.41, 5.74) is 7.94. The molecule has 0 aromatic heterocycles. The van der Waals surface area contributed by atoms with Gasteiger partial charge in [-0.1, -0.05) is 44.0 Å². The molecule has 2 nitrogen and oxygen atoms in total. The van der Waals surface area contributed by atoms with Gasteiger partial charge in [0.1, 0.15) is 0 Å². The van der Waals surface area contributed by atoms with Crippen LogP contribution < -0.4 is 5.73 Å². The van der Waals surface area contributed by atoms with Crippen LogP contribution in [-0.2, 0) is 0 Å². The summed E-state index contributed by atoms with van der Waals surface area (Å²) in [4.78, 5) is 0. The SMILES string of the molecule is CCC(C)[C@H](O)[C@H](N)c1ccc(C)c(Cl)c1. The molecule has 1 aromatic carbocycles. The Labute approximate surface area is 102 Å². The number of aliphatic hydroxyl groups excluding tert-OH is 1. The highest BCUT2D eigenvalue weighted by Gasteiger charge is 2.22. The average molecular weight is 242 g/mol. The van der Waals surface area contributed by atoms with Gasteiger partial charge in [0.2, 0.25) is 0 Å². The zero-order chi connectivity index (χ0) is 12.3. The molecule has 0 aliphatic heterocycles. The normalized spacial score (nSPS) is 16.9. The van der Waals surface area contributed by atoms with Gasteiger partial charge in [-0.05, 0) is 30.0 Å². The second-order valence-corrected chi connectivity index (χ2v) is 4.82. The highest BCUT2D eigenvalue weighted by atomic mass is 35.5.